The van der Waals surface area contributed by atoms with E-state index < -0.39 is 0 Å². The monoisotopic (exact) mass is 280 g/mol. The standard InChI is InChI=1S/C15H24N2O3/c1-12(2)20-14-6-4-13(5-7-14)10-17-15(18)11-16-8-9-19-3/h4-7,12,16H,8-11H2,1-3H3,(H,17,18). The van der Waals surface area contributed by atoms with Crippen molar-refractivity contribution in [2.75, 3.05) is 26.8 Å². The molecule has 20 heavy (non-hydrogen) atoms. The zero-order chi connectivity index (χ0) is 14.8. The van der Waals surface area contributed by atoms with Crippen LogP contribution < -0.4 is 15.4 Å². The molecule has 0 saturated carbocycles. The number of carbonyl (C=O) groups is 1. The van der Waals surface area contributed by atoms with Crippen LogP contribution in [0.2, 0.25) is 0 Å². The van der Waals surface area contributed by atoms with Gasteiger partial charge in [-0.05, 0) is 31.5 Å². The van der Waals surface area contributed by atoms with Crippen molar-refractivity contribution in [2.45, 2.75) is 26.5 Å². The van der Waals surface area contributed by atoms with E-state index in [2.05, 4.69) is 10.6 Å². The third-order valence-corrected chi connectivity index (χ3v) is 2.55. The lowest BCUT2D eigenvalue weighted by Crippen LogP contribution is -2.34. The maximum atomic E-state index is 11.6. The van der Waals surface area contributed by atoms with Crippen molar-refractivity contribution in [1.82, 2.24) is 10.6 Å². The summed E-state index contributed by atoms with van der Waals surface area (Å²) in [4.78, 5) is 11.6. The Labute approximate surface area is 120 Å². The maximum absolute atomic E-state index is 11.6. The molecule has 0 unspecified atom stereocenters. The molecular weight excluding hydrogens is 256 g/mol. The molecule has 5 heteroatoms. The first-order valence-corrected chi connectivity index (χ1v) is 6.83. The minimum atomic E-state index is -0.0244. The fourth-order valence-corrected chi connectivity index (χ4v) is 1.60. The molecule has 0 fully saturated rings. The molecule has 0 radical (unpaired) electrons. The van der Waals surface area contributed by atoms with Gasteiger partial charge in [0, 0.05) is 20.2 Å². The zero-order valence-electron chi connectivity index (χ0n) is 12.4. The fourth-order valence-electron chi connectivity index (χ4n) is 1.60. The second-order valence-corrected chi connectivity index (χ2v) is 4.76. The maximum Gasteiger partial charge on any atom is 0.234 e. The molecule has 0 spiro atoms. The van der Waals surface area contributed by atoms with Crippen molar-refractivity contribution in [3.8, 4) is 5.75 Å². The van der Waals surface area contributed by atoms with Gasteiger partial charge in [-0.25, -0.2) is 0 Å². The highest BCUT2D eigenvalue weighted by Gasteiger charge is 2.01. The van der Waals surface area contributed by atoms with Gasteiger partial charge in [-0.1, -0.05) is 12.1 Å². The predicted molar refractivity (Wildman–Crippen MR) is 78.8 cm³/mol. The molecule has 0 aliphatic carbocycles. The number of hydrogen-bond acceptors (Lipinski definition) is 4. The van der Waals surface area contributed by atoms with Crippen LogP contribution in [0, 0.1) is 0 Å². The first-order valence-electron chi connectivity index (χ1n) is 6.83. The Morgan fingerprint density at radius 3 is 2.55 bits per heavy atom. The summed E-state index contributed by atoms with van der Waals surface area (Å²) in [5.41, 5.74) is 1.05. The first-order chi connectivity index (χ1) is 9.61. The number of amides is 1. The molecule has 0 saturated heterocycles. The lowest BCUT2D eigenvalue weighted by Gasteiger charge is -2.10. The Morgan fingerprint density at radius 2 is 1.95 bits per heavy atom. The second-order valence-electron chi connectivity index (χ2n) is 4.76. The van der Waals surface area contributed by atoms with Gasteiger partial charge < -0.3 is 20.1 Å². The first kappa shape index (κ1) is 16.5. The van der Waals surface area contributed by atoms with E-state index in [1.807, 2.05) is 38.1 Å². The molecule has 5 nitrogen and oxygen atoms in total. The van der Waals surface area contributed by atoms with Gasteiger partial charge >= 0.3 is 0 Å². The largest absolute Gasteiger partial charge is 0.491 e. The average molecular weight is 280 g/mol. The van der Waals surface area contributed by atoms with Crippen molar-refractivity contribution in [3.63, 3.8) is 0 Å². The van der Waals surface area contributed by atoms with Gasteiger partial charge in [0.2, 0.25) is 5.91 Å². The Balaban J connectivity index is 2.25. The summed E-state index contributed by atoms with van der Waals surface area (Å²) in [5, 5.41) is 5.85. The van der Waals surface area contributed by atoms with Crippen molar-refractivity contribution < 1.29 is 14.3 Å². The molecule has 1 aromatic rings. The third-order valence-electron chi connectivity index (χ3n) is 2.55. The molecular formula is C15H24N2O3. The highest BCUT2D eigenvalue weighted by atomic mass is 16.5. The van der Waals surface area contributed by atoms with E-state index in [0.717, 1.165) is 11.3 Å². The number of rotatable bonds is 9. The van der Waals surface area contributed by atoms with Crippen LogP contribution in [0.5, 0.6) is 5.75 Å². The Morgan fingerprint density at radius 1 is 1.25 bits per heavy atom. The lowest BCUT2D eigenvalue weighted by atomic mass is 10.2. The van der Waals surface area contributed by atoms with Crippen molar-refractivity contribution in [1.29, 1.82) is 0 Å². The quantitative estimate of drug-likeness (QED) is 0.670. The normalized spacial score (nSPS) is 10.6. The summed E-state index contributed by atoms with van der Waals surface area (Å²) in [6.07, 6.45) is 0.165. The lowest BCUT2D eigenvalue weighted by molar-refractivity contribution is -0.120. The van der Waals surface area contributed by atoms with Crippen LogP contribution >= 0.6 is 0 Å². The highest BCUT2D eigenvalue weighted by molar-refractivity contribution is 5.77. The summed E-state index contributed by atoms with van der Waals surface area (Å²) in [6, 6.07) is 7.74. The van der Waals surface area contributed by atoms with Gasteiger partial charge in [0.1, 0.15) is 5.75 Å². The number of methoxy groups -OCH3 is 1. The highest BCUT2D eigenvalue weighted by Crippen LogP contribution is 2.13. The Bertz CT molecular complexity index is 391. The third kappa shape index (κ3) is 7.11. The van der Waals surface area contributed by atoms with Gasteiger partial charge in [0.05, 0.1) is 19.3 Å². The molecule has 0 bridgehead atoms. The van der Waals surface area contributed by atoms with E-state index in [4.69, 9.17) is 9.47 Å². The molecule has 0 atom stereocenters. The van der Waals surface area contributed by atoms with Crippen molar-refractivity contribution >= 4 is 5.91 Å². The van der Waals surface area contributed by atoms with Gasteiger partial charge in [0.15, 0.2) is 0 Å². The molecule has 0 aliphatic heterocycles. The Kier molecular flexibility index (Phi) is 7.69. The second kappa shape index (κ2) is 9.34. The number of nitrogens with one attached hydrogen (secondary N) is 2. The van der Waals surface area contributed by atoms with Gasteiger partial charge in [-0.3, -0.25) is 4.79 Å². The topological polar surface area (TPSA) is 59.6 Å². The van der Waals surface area contributed by atoms with E-state index in [-0.39, 0.29) is 12.0 Å². The Hall–Kier alpha value is -1.59. The molecule has 1 aromatic carbocycles. The summed E-state index contributed by atoms with van der Waals surface area (Å²) in [6.45, 7) is 6.08. The van der Waals surface area contributed by atoms with Gasteiger partial charge in [-0.15, -0.1) is 0 Å². The summed E-state index contributed by atoms with van der Waals surface area (Å²) < 4.78 is 10.4. The van der Waals surface area contributed by atoms with Crippen LogP contribution in [0.3, 0.4) is 0 Å². The number of ether oxygens (including phenoxy) is 2. The number of hydrogen-bond donors (Lipinski definition) is 2. The van der Waals surface area contributed by atoms with Crippen LogP contribution in [0.25, 0.3) is 0 Å². The van der Waals surface area contributed by atoms with E-state index in [1.54, 1.807) is 7.11 Å². The van der Waals surface area contributed by atoms with E-state index >= 15 is 0 Å². The van der Waals surface area contributed by atoms with E-state index in [0.29, 0.717) is 26.2 Å². The molecule has 2 N–H and O–H groups in total. The van der Waals surface area contributed by atoms with Crippen LogP contribution in [-0.4, -0.2) is 38.8 Å². The summed E-state index contributed by atoms with van der Waals surface area (Å²) >= 11 is 0. The average Bonchev–Trinajstić information content (AvgIpc) is 2.42. The van der Waals surface area contributed by atoms with Crippen LogP contribution in [0.1, 0.15) is 19.4 Å². The molecule has 1 rings (SSSR count). The SMILES string of the molecule is COCCNCC(=O)NCc1ccc(OC(C)C)cc1. The predicted octanol–water partition coefficient (Wildman–Crippen LogP) is 1.33. The minimum absolute atomic E-state index is 0.0244. The number of benzene rings is 1. The van der Waals surface area contributed by atoms with Gasteiger partial charge in [-0.2, -0.15) is 0 Å². The fraction of sp³-hybridized carbons (Fsp3) is 0.533. The molecule has 1 amide bonds. The number of carbonyl (C=O) groups excluding carboxylic acids is 1. The van der Waals surface area contributed by atoms with E-state index in [1.165, 1.54) is 0 Å². The van der Waals surface area contributed by atoms with E-state index in [9.17, 15) is 4.79 Å². The molecule has 112 valence electrons. The van der Waals surface area contributed by atoms with Crippen molar-refractivity contribution in [3.05, 3.63) is 29.8 Å². The van der Waals surface area contributed by atoms with Crippen molar-refractivity contribution in [2.24, 2.45) is 0 Å². The summed E-state index contributed by atoms with van der Waals surface area (Å²) in [5.74, 6) is 0.819. The molecule has 0 heterocycles. The van der Waals surface area contributed by atoms with Crippen LogP contribution in [0.15, 0.2) is 24.3 Å². The van der Waals surface area contributed by atoms with Crippen LogP contribution in [-0.2, 0) is 16.1 Å². The zero-order valence-corrected chi connectivity index (χ0v) is 12.4. The molecule has 0 aliphatic rings. The van der Waals surface area contributed by atoms with Crippen LogP contribution in [0.4, 0.5) is 0 Å². The minimum Gasteiger partial charge on any atom is -0.491 e. The molecule has 0 aromatic heterocycles. The smallest absolute Gasteiger partial charge is 0.234 e. The summed E-state index contributed by atoms with van der Waals surface area (Å²) in [7, 11) is 1.63. The van der Waals surface area contributed by atoms with Gasteiger partial charge in [0.25, 0.3) is 0 Å².